The molecule has 0 bridgehead atoms. The Kier molecular flexibility index (Phi) is 7.77. The van der Waals surface area contributed by atoms with E-state index in [1.807, 2.05) is 26.8 Å². The predicted octanol–water partition coefficient (Wildman–Crippen LogP) is 4.33. The van der Waals surface area contributed by atoms with Crippen molar-refractivity contribution in [2.45, 2.75) is 45.3 Å². The summed E-state index contributed by atoms with van der Waals surface area (Å²) in [6.45, 7) is 6.56. The Labute approximate surface area is 180 Å². The van der Waals surface area contributed by atoms with E-state index in [1.54, 1.807) is 17.0 Å². The van der Waals surface area contributed by atoms with Crippen LogP contribution in [0.3, 0.4) is 0 Å². The van der Waals surface area contributed by atoms with Crippen LogP contribution in [0.25, 0.3) is 0 Å². The zero-order valence-corrected chi connectivity index (χ0v) is 18.1. The minimum atomic E-state index is -0.574. The highest BCUT2D eigenvalue weighted by molar-refractivity contribution is 6.36. The first kappa shape index (κ1) is 22.9. The van der Waals surface area contributed by atoms with Gasteiger partial charge in [-0.1, -0.05) is 23.2 Å². The maximum Gasteiger partial charge on any atom is 0.410 e. The topological polar surface area (TPSA) is 94.5 Å². The van der Waals surface area contributed by atoms with E-state index in [2.05, 4.69) is 10.6 Å². The lowest BCUT2D eigenvalue weighted by atomic mass is 10.1. The largest absolute Gasteiger partial charge is 0.444 e. The number of rotatable bonds is 4. The van der Waals surface area contributed by atoms with Gasteiger partial charge in [0.2, 0.25) is 0 Å². The number of hydrogen-bond donors (Lipinski definition) is 2. The maximum absolute atomic E-state index is 12.3. The molecule has 0 atom stereocenters. The van der Waals surface area contributed by atoms with Crippen molar-refractivity contribution in [3.05, 3.63) is 40.0 Å². The standard InChI is InChI=1S/C20H24Cl2N4O3/c1-20(2,3)29-19(28)26-8-6-15(7-9-26)24-12-13(11-23)18(27)25-17-5-4-14(21)10-16(17)22/h4-5,10,12,15,24H,6-9H2,1-3H3,(H,25,27)/b13-12-. The van der Waals surface area contributed by atoms with Crippen LogP contribution in [0.15, 0.2) is 30.0 Å². The molecule has 9 heteroatoms. The van der Waals surface area contributed by atoms with E-state index in [1.165, 1.54) is 12.3 Å². The first-order valence-corrected chi connectivity index (χ1v) is 9.95. The van der Waals surface area contributed by atoms with E-state index in [0.717, 1.165) is 0 Å². The summed E-state index contributed by atoms with van der Waals surface area (Å²) >= 11 is 11.9. The number of hydrogen-bond acceptors (Lipinski definition) is 5. The van der Waals surface area contributed by atoms with E-state index < -0.39 is 11.5 Å². The number of nitriles is 1. The second kappa shape index (κ2) is 9.86. The van der Waals surface area contributed by atoms with Gasteiger partial charge < -0.3 is 20.3 Å². The van der Waals surface area contributed by atoms with Crippen LogP contribution in [0.2, 0.25) is 10.0 Å². The van der Waals surface area contributed by atoms with Crippen molar-refractivity contribution in [3.8, 4) is 6.07 Å². The van der Waals surface area contributed by atoms with Crippen molar-refractivity contribution in [3.63, 3.8) is 0 Å². The van der Waals surface area contributed by atoms with Crippen molar-refractivity contribution in [1.29, 1.82) is 5.26 Å². The lowest BCUT2D eigenvalue weighted by Crippen LogP contribution is -2.45. The molecule has 2 N–H and O–H groups in total. The molecule has 1 saturated heterocycles. The van der Waals surface area contributed by atoms with Crippen LogP contribution in [0.5, 0.6) is 0 Å². The third kappa shape index (κ3) is 7.15. The molecule has 7 nitrogen and oxygen atoms in total. The van der Waals surface area contributed by atoms with Gasteiger partial charge in [0, 0.05) is 30.4 Å². The molecule has 2 rings (SSSR count). The zero-order valence-electron chi connectivity index (χ0n) is 16.6. The number of benzene rings is 1. The van der Waals surface area contributed by atoms with Gasteiger partial charge in [-0.15, -0.1) is 0 Å². The highest BCUT2D eigenvalue weighted by atomic mass is 35.5. The fourth-order valence-corrected chi connectivity index (χ4v) is 3.14. The predicted molar refractivity (Wildman–Crippen MR) is 113 cm³/mol. The van der Waals surface area contributed by atoms with Gasteiger partial charge in [-0.2, -0.15) is 5.26 Å². The lowest BCUT2D eigenvalue weighted by Gasteiger charge is -2.33. The molecule has 156 valence electrons. The Morgan fingerprint density at radius 3 is 2.48 bits per heavy atom. The number of piperidine rings is 1. The van der Waals surface area contributed by atoms with E-state index >= 15 is 0 Å². The Balaban J connectivity index is 1.89. The molecule has 1 fully saturated rings. The summed E-state index contributed by atoms with van der Waals surface area (Å²) in [6, 6.07) is 6.59. The third-order valence-corrected chi connectivity index (χ3v) is 4.70. The molecule has 0 unspecified atom stereocenters. The Hall–Kier alpha value is -2.43. The van der Waals surface area contributed by atoms with E-state index in [0.29, 0.717) is 36.6 Å². The average Bonchev–Trinajstić information content (AvgIpc) is 2.63. The average molecular weight is 439 g/mol. The summed E-state index contributed by atoms with van der Waals surface area (Å²) in [7, 11) is 0. The van der Waals surface area contributed by atoms with Gasteiger partial charge in [0.05, 0.1) is 10.7 Å². The first-order valence-electron chi connectivity index (χ1n) is 9.19. The smallest absolute Gasteiger partial charge is 0.410 e. The molecule has 1 aliphatic heterocycles. The molecule has 0 spiro atoms. The Morgan fingerprint density at radius 2 is 1.93 bits per heavy atom. The molecule has 0 saturated carbocycles. The van der Waals surface area contributed by atoms with E-state index in [4.69, 9.17) is 27.9 Å². The van der Waals surface area contributed by atoms with Crippen molar-refractivity contribution < 1.29 is 14.3 Å². The summed E-state index contributed by atoms with van der Waals surface area (Å²) in [4.78, 5) is 26.1. The van der Waals surface area contributed by atoms with Crippen LogP contribution < -0.4 is 10.6 Å². The maximum atomic E-state index is 12.3. The molecule has 1 aliphatic rings. The van der Waals surface area contributed by atoms with Gasteiger partial charge in [-0.3, -0.25) is 4.79 Å². The second-order valence-electron chi connectivity index (χ2n) is 7.66. The van der Waals surface area contributed by atoms with Crippen molar-refractivity contribution in [2.75, 3.05) is 18.4 Å². The van der Waals surface area contributed by atoms with Gasteiger partial charge in [0.1, 0.15) is 17.2 Å². The number of likely N-dealkylation sites (tertiary alicyclic amines) is 1. The Bertz CT molecular complexity index is 835. The van der Waals surface area contributed by atoms with E-state index in [9.17, 15) is 14.9 Å². The van der Waals surface area contributed by atoms with Gasteiger partial charge in [-0.05, 0) is 51.8 Å². The van der Waals surface area contributed by atoms with Crippen molar-refractivity contribution in [1.82, 2.24) is 10.2 Å². The number of carbonyl (C=O) groups excluding carboxylic acids is 2. The molecular formula is C20H24Cl2N4O3. The summed E-state index contributed by atoms with van der Waals surface area (Å²) in [5.74, 6) is -0.574. The molecule has 1 aromatic carbocycles. The molecule has 2 amide bonds. The van der Waals surface area contributed by atoms with Crippen LogP contribution >= 0.6 is 23.2 Å². The van der Waals surface area contributed by atoms with Gasteiger partial charge in [0.15, 0.2) is 0 Å². The third-order valence-electron chi connectivity index (χ3n) is 4.15. The van der Waals surface area contributed by atoms with E-state index in [-0.39, 0.29) is 22.7 Å². The number of nitrogens with zero attached hydrogens (tertiary/aromatic N) is 2. The van der Waals surface area contributed by atoms with Crippen LogP contribution in [0.4, 0.5) is 10.5 Å². The monoisotopic (exact) mass is 438 g/mol. The number of anilines is 1. The summed E-state index contributed by atoms with van der Waals surface area (Å²) in [5, 5.41) is 15.7. The van der Waals surface area contributed by atoms with Gasteiger partial charge >= 0.3 is 6.09 Å². The van der Waals surface area contributed by atoms with Gasteiger partial charge in [-0.25, -0.2) is 4.79 Å². The molecular weight excluding hydrogens is 415 g/mol. The molecule has 29 heavy (non-hydrogen) atoms. The number of amides is 2. The summed E-state index contributed by atoms with van der Waals surface area (Å²) in [5.41, 5.74) is -0.241. The lowest BCUT2D eigenvalue weighted by molar-refractivity contribution is -0.112. The summed E-state index contributed by atoms with van der Waals surface area (Å²) in [6.07, 6.45) is 2.42. The van der Waals surface area contributed by atoms with Crippen molar-refractivity contribution >= 4 is 40.9 Å². The molecule has 0 aromatic heterocycles. The number of ether oxygens (including phenoxy) is 1. The number of carbonyl (C=O) groups is 2. The second-order valence-corrected chi connectivity index (χ2v) is 8.50. The first-order chi connectivity index (χ1) is 13.6. The highest BCUT2D eigenvalue weighted by Gasteiger charge is 2.26. The fraction of sp³-hybridized carbons (Fsp3) is 0.450. The highest BCUT2D eigenvalue weighted by Crippen LogP contribution is 2.25. The molecule has 1 heterocycles. The van der Waals surface area contributed by atoms with Gasteiger partial charge in [0.25, 0.3) is 5.91 Å². The quantitative estimate of drug-likeness (QED) is 0.538. The number of nitrogens with one attached hydrogen (secondary N) is 2. The molecule has 0 aliphatic carbocycles. The van der Waals surface area contributed by atoms with Crippen LogP contribution in [0, 0.1) is 11.3 Å². The van der Waals surface area contributed by atoms with Crippen LogP contribution in [0.1, 0.15) is 33.6 Å². The fourth-order valence-electron chi connectivity index (χ4n) is 2.69. The SMILES string of the molecule is CC(C)(C)OC(=O)N1CCC(N/C=C(/C#N)C(=O)Nc2ccc(Cl)cc2Cl)CC1. The minimum absolute atomic E-state index is 0.0453. The molecule has 1 aromatic rings. The zero-order chi connectivity index (χ0) is 21.6. The van der Waals surface area contributed by atoms with Crippen molar-refractivity contribution in [2.24, 2.45) is 0 Å². The minimum Gasteiger partial charge on any atom is -0.444 e. The Morgan fingerprint density at radius 1 is 1.28 bits per heavy atom. The summed E-state index contributed by atoms with van der Waals surface area (Å²) < 4.78 is 5.37. The van der Waals surface area contributed by atoms with Crippen LogP contribution in [-0.2, 0) is 9.53 Å². The molecule has 0 radical (unpaired) electrons. The number of halogens is 2. The normalized spacial score (nSPS) is 15.4. The van der Waals surface area contributed by atoms with Crippen LogP contribution in [-0.4, -0.2) is 41.6 Å².